The number of benzene rings is 1. The van der Waals surface area contributed by atoms with Gasteiger partial charge >= 0.3 is 0 Å². The van der Waals surface area contributed by atoms with Gasteiger partial charge in [0.05, 0.1) is 0 Å². The lowest BCUT2D eigenvalue weighted by Crippen LogP contribution is -2.32. The van der Waals surface area contributed by atoms with Gasteiger partial charge in [0, 0.05) is 18.3 Å². The number of rotatable bonds is 2. The second-order valence-electron chi connectivity index (χ2n) is 4.49. The maximum absolute atomic E-state index is 5.87. The minimum absolute atomic E-state index is 0. The van der Waals surface area contributed by atoms with Crippen LogP contribution in [0.1, 0.15) is 36.9 Å². The van der Waals surface area contributed by atoms with Crippen molar-refractivity contribution in [1.82, 2.24) is 4.90 Å². The molecule has 0 radical (unpaired) electrons. The van der Waals surface area contributed by atoms with Crippen molar-refractivity contribution < 1.29 is 0 Å². The highest BCUT2D eigenvalue weighted by Gasteiger charge is 2.23. The first-order valence-electron chi connectivity index (χ1n) is 5.81. The zero-order chi connectivity index (χ0) is 10.8. The summed E-state index contributed by atoms with van der Waals surface area (Å²) < 4.78 is 0. The van der Waals surface area contributed by atoms with Crippen molar-refractivity contribution in [1.29, 1.82) is 0 Å². The van der Waals surface area contributed by atoms with Crippen LogP contribution < -0.4 is 5.73 Å². The summed E-state index contributed by atoms with van der Waals surface area (Å²) in [7, 11) is 2.21. The molecule has 1 aliphatic heterocycles. The minimum Gasteiger partial charge on any atom is -0.399 e. The monoisotopic (exact) mass is 240 g/mol. The lowest BCUT2D eigenvalue weighted by atomic mass is 9.90. The quantitative estimate of drug-likeness (QED) is 0.806. The first-order chi connectivity index (χ1) is 7.22. The number of nitrogens with zero attached hydrogens (tertiary/aromatic N) is 1. The number of likely N-dealkylation sites (N-methyl/N-ethyl adjacent to an activating group) is 1. The van der Waals surface area contributed by atoms with E-state index in [9.17, 15) is 0 Å². The van der Waals surface area contributed by atoms with Crippen LogP contribution in [0.15, 0.2) is 18.2 Å². The molecule has 1 atom stereocenters. The molecule has 1 unspecified atom stereocenters. The number of anilines is 1. The lowest BCUT2D eigenvalue weighted by molar-refractivity contribution is 0.218. The molecule has 0 aromatic heterocycles. The highest BCUT2D eigenvalue weighted by atomic mass is 35.5. The predicted molar refractivity (Wildman–Crippen MR) is 72.1 cm³/mol. The molecular formula is C13H21ClN2. The van der Waals surface area contributed by atoms with Gasteiger partial charge in [0.1, 0.15) is 0 Å². The normalized spacial score (nSPS) is 20.0. The smallest absolute Gasteiger partial charge is 0.0348 e. The lowest BCUT2D eigenvalue weighted by Gasteiger charge is -2.34. The van der Waals surface area contributed by atoms with Crippen LogP contribution in [0, 0.1) is 0 Å². The van der Waals surface area contributed by atoms with Crippen molar-refractivity contribution in [3.8, 4) is 0 Å². The Balaban J connectivity index is 0.00000128. The zero-order valence-electron chi connectivity index (χ0n) is 10.1. The summed E-state index contributed by atoms with van der Waals surface area (Å²) in [6, 6.07) is 6.95. The van der Waals surface area contributed by atoms with E-state index < -0.39 is 0 Å². The number of nitrogen functional groups attached to an aromatic ring is 1. The Morgan fingerprint density at radius 1 is 1.44 bits per heavy atom. The van der Waals surface area contributed by atoms with Gasteiger partial charge in [-0.15, -0.1) is 12.4 Å². The molecule has 90 valence electrons. The van der Waals surface area contributed by atoms with E-state index in [4.69, 9.17) is 5.73 Å². The van der Waals surface area contributed by atoms with Gasteiger partial charge in [-0.05, 0) is 43.1 Å². The van der Waals surface area contributed by atoms with E-state index in [-0.39, 0.29) is 12.4 Å². The maximum atomic E-state index is 5.87. The molecule has 2 rings (SSSR count). The molecule has 0 aliphatic carbocycles. The molecule has 0 fully saturated rings. The van der Waals surface area contributed by atoms with E-state index in [1.54, 1.807) is 0 Å². The first kappa shape index (κ1) is 13.3. The third-order valence-corrected chi connectivity index (χ3v) is 3.36. The van der Waals surface area contributed by atoms with Crippen LogP contribution in [-0.4, -0.2) is 18.5 Å². The van der Waals surface area contributed by atoms with E-state index in [0.717, 1.165) is 12.1 Å². The second-order valence-corrected chi connectivity index (χ2v) is 4.49. The Morgan fingerprint density at radius 2 is 2.19 bits per heavy atom. The van der Waals surface area contributed by atoms with Crippen LogP contribution in [0.3, 0.4) is 0 Å². The van der Waals surface area contributed by atoms with Crippen LogP contribution in [0.25, 0.3) is 0 Å². The third kappa shape index (κ3) is 2.50. The molecule has 1 heterocycles. The molecule has 0 spiro atoms. The van der Waals surface area contributed by atoms with Crippen molar-refractivity contribution in [3.05, 3.63) is 29.3 Å². The van der Waals surface area contributed by atoms with Crippen molar-refractivity contribution in [2.45, 2.75) is 32.2 Å². The molecule has 0 amide bonds. The van der Waals surface area contributed by atoms with E-state index >= 15 is 0 Å². The summed E-state index contributed by atoms with van der Waals surface area (Å²) in [4.78, 5) is 2.45. The number of nitrogens with two attached hydrogens (primary N) is 1. The summed E-state index contributed by atoms with van der Waals surface area (Å²) in [5, 5.41) is 0. The first-order valence-corrected chi connectivity index (χ1v) is 5.81. The van der Waals surface area contributed by atoms with E-state index in [1.165, 1.54) is 30.5 Å². The van der Waals surface area contributed by atoms with Crippen molar-refractivity contribution in [2.24, 2.45) is 0 Å². The summed E-state index contributed by atoms with van der Waals surface area (Å²) in [6.45, 7) is 3.41. The fourth-order valence-corrected chi connectivity index (χ4v) is 2.49. The summed E-state index contributed by atoms with van der Waals surface area (Å²) in [5.41, 5.74) is 9.70. The van der Waals surface area contributed by atoms with Gasteiger partial charge in [-0.25, -0.2) is 0 Å². The van der Waals surface area contributed by atoms with Gasteiger partial charge in [0.15, 0.2) is 0 Å². The standard InChI is InChI=1S/C13H20N2.ClH/c1-3-4-13-12-9-11(14)6-5-10(12)7-8-15(13)2;/h5-6,9,13H,3-4,7-8,14H2,1-2H3;1H. The van der Waals surface area contributed by atoms with E-state index in [0.29, 0.717) is 6.04 Å². The fourth-order valence-electron chi connectivity index (χ4n) is 2.49. The summed E-state index contributed by atoms with van der Waals surface area (Å²) >= 11 is 0. The van der Waals surface area contributed by atoms with Gasteiger partial charge < -0.3 is 5.73 Å². The van der Waals surface area contributed by atoms with Gasteiger partial charge in [-0.1, -0.05) is 19.4 Å². The van der Waals surface area contributed by atoms with Crippen LogP contribution in [-0.2, 0) is 6.42 Å². The average molecular weight is 241 g/mol. The fraction of sp³-hybridized carbons (Fsp3) is 0.538. The molecule has 0 saturated carbocycles. The Morgan fingerprint density at radius 3 is 2.88 bits per heavy atom. The average Bonchev–Trinajstić information content (AvgIpc) is 2.23. The molecular weight excluding hydrogens is 220 g/mol. The van der Waals surface area contributed by atoms with E-state index in [2.05, 4.69) is 31.0 Å². The largest absolute Gasteiger partial charge is 0.399 e. The molecule has 2 N–H and O–H groups in total. The van der Waals surface area contributed by atoms with Crippen LogP contribution >= 0.6 is 12.4 Å². The second kappa shape index (κ2) is 5.55. The van der Waals surface area contributed by atoms with Crippen molar-refractivity contribution >= 4 is 18.1 Å². The van der Waals surface area contributed by atoms with Gasteiger partial charge in [0.2, 0.25) is 0 Å². The highest BCUT2D eigenvalue weighted by molar-refractivity contribution is 5.85. The number of halogens is 1. The van der Waals surface area contributed by atoms with Gasteiger partial charge in [0.25, 0.3) is 0 Å². The zero-order valence-corrected chi connectivity index (χ0v) is 10.9. The molecule has 0 saturated heterocycles. The van der Waals surface area contributed by atoms with Crippen LogP contribution in [0.4, 0.5) is 5.69 Å². The molecule has 3 heteroatoms. The SMILES string of the molecule is CCCC1c2cc(N)ccc2CCN1C.Cl. The highest BCUT2D eigenvalue weighted by Crippen LogP contribution is 2.32. The maximum Gasteiger partial charge on any atom is 0.0348 e. The Bertz CT molecular complexity index is 352. The van der Waals surface area contributed by atoms with Gasteiger partial charge in [-0.2, -0.15) is 0 Å². The third-order valence-electron chi connectivity index (χ3n) is 3.36. The van der Waals surface area contributed by atoms with Crippen LogP contribution in [0.2, 0.25) is 0 Å². The van der Waals surface area contributed by atoms with Crippen LogP contribution in [0.5, 0.6) is 0 Å². The molecule has 1 aromatic rings. The Labute approximate surface area is 104 Å². The predicted octanol–water partition coefficient (Wildman–Crippen LogP) is 3.02. The topological polar surface area (TPSA) is 29.3 Å². The number of hydrogen-bond donors (Lipinski definition) is 1. The molecule has 16 heavy (non-hydrogen) atoms. The van der Waals surface area contributed by atoms with E-state index in [1.807, 2.05) is 6.07 Å². The summed E-state index contributed by atoms with van der Waals surface area (Å²) in [5.74, 6) is 0. The summed E-state index contributed by atoms with van der Waals surface area (Å²) in [6.07, 6.45) is 3.61. The Hall–Kier alpha value is -0.730. The molecule has 1 aliphatic rings. The number of hydrogen-bond acceptors (Lipinski definition) is 2. The molecule has 1 aromatic carbocycles. The number of fused-ring (bicyclic) bond motifs is 1. The molecule has 0 bridgehead atoms. The minimum atomic E-state index is 0. The van der Waals surface area contributed by atoms with Gasteiger partial charge in [-0.3, -0.25) is 4.90 Å². The Kier molecular flexibility index (Phi) is 4.63. The molecule has 2 nitrogen and oxygen atoms in total. The van der Waals surface area contributed by atoms with Crippen molar-refractivity contribution in [2.75, 3.05) is 19.3 Å². The van der Waals surface area contributed by atoms with Crippen molar-refractivity contribution in [3.63, 3.8) is 0 Å².